The van der Waals surface area contributed by atoms with E-state index in [-0.39, 0.29) is 30.3 Å². The number of aromatic hydroxyl groups is 1. The Morgan fingerprint density at radius 3 is 2.38 bits per heavy atom. The maximum Gasteiger partial charge on any atom is 0.328 e. The van der Waals surface area contributed by atoms with Crippen LogP contribution >= 0.6 is 0 Å². The van der Waals surface area contributed by atoms with Gasteiger partial charge in [0.1, 0.15) is 12.2 Å². The normalized spacial score (nSPS) is 21.3. The van der Waals surface area contributed by atoms with Crippen LogP contribution in [0, 0.1) is 0 Å². The van der Waals surface area contributed by atoms with Crippen LogP contribution in [-0.4, -0.2) is 93.3 Å². The molecule has 2 aliphatic rings. The first kappa shape index (κ1) is 33.9. The summed E-state index contributed by atoms with van der Waals surface area (Å²) >= 11 is 0. The molecule has 1 saturated heterocycles. The fourth-order valence-electron chi connectivity index (χ4n) is 7.47. The Bertz CT molecular complexity index is 2210. The summed E-state index contributed by atoms with van der Waals surface area (Å²) in [6.07, 6.45) is 4.03. The van der Waals surface area contributed by atoms with Crippen LogP contribution in [0.4, 0.5) is 22.2 Å². The van der Waals surface area contributed by atoms with Crippen molar-refractivity contribution in [3.63, 3.8) is 0 Å². The van der Waals surface area contributed by atoms with Gasteiger partial charge < -0.3 is 45.7 Å². The summed E-state index contributed by atoms with van der Waals surface area (Å²) in [6, 6.07) is 21.7. The van der Waals surface area contributed by atoms with E-state index in [0.717, 1.165) is 21.9 Å². The number of pyridine rings is 1. The molecule has 5 atom stereocenters. The maximum absolute atomic E-state index is 12.8. The highest BCUT2D eigenvalue weighted by molar-refractivity contribution is 5.89. The summed E-state index contributed by atoms with van der Waals surface area (Å²) in [5, 5.41) is 42.1. The second-order valence-electron chi connectivity index (χ2n) is 13.4. The summed E-state index contributed by atoms with van der Waals surface area (Å²) in [5.74, 6) is 0.525. The number of hydrogen-bond donors (Lipinski definition) is 7. The molecule has 16 nitrogen and oxygen atoms in total. The van der Waals surface area contributed by atoms with Crippen molar-refractivity contribution in [1.29, 1.82) is 0 Å². The molecule has 2 amide bonds. The molecule has 0 bridgehead atoms. The number of urea groups is 1. The van der Waals surface area contributed by atoms with Gasteiger partial charge in [0.25, 0.3) is 0 Å². The number of hydrogen-bond acceptors (Lipinski definition) is 11. The summed E-state index contributed by atoms with van der Waals surface area (Å²) in [4.78, 5) is 48.4. The minimum absolute atomic E-state index is 0.0217. The van der Waals surface area contributed by atoms with Gasteiger partial charge in [0, 0.05) is 37.8 Å². The number of imidazole rings is 2. The number of aliphatic hydroxyl groups is 2. The number of nitrogens with one attached hydrogen (secondary N) is 4. The lowest BCUT2D eigenvalue weighted by molar-refractivity contribution is 0.00763. The van der Waals surface area contributed by atoms with Gasteiger partial charge in [-0.3, -0.25) is 9.55 Å². The fraction of sp³-hybridized carbons (Fsp3) is 0.297. The molecule has 0 spiro atoms. The number of carbonyl (C=O) groups excluding carboxylic acids is 1. The third-order valence-electron chi connectivity index (χ3n) is 10.1. The smallest absolute Gasteiger partial charge is 0.328 e. The van der Waals surface area contributed by atoms with Gasteiger partial charge in [-0.25, -0.2) is 14.6 Å². The van der Waals surface area contributed by atoms with Gasteiger partial charge in [-0.15, -0.1) is 0 Å². The average Bonchev–Trinajstić information content (AvgIpc) is 3.96. The number of H-pyrrole nitrogens is 1. The van der Waals surface area contributed by atoms with Crippen LogP contribution < -0.4 is 26.5 Å². The van der Waals surface area contributed by atoms with Gasteiger partial charge in [0.15, 0.2) is 17.0 Å². The SMILES string of the molecule is O=C(Nc1cccnc1)N[C@@H]1CCN(c2nc(NCC(c3ccccc3)c3ccccc3)c3ncn([C@@H]4C[C@H](n5c(O)c[nH]c5=O)[C@@H](O)[C@H]4O)c3n2)C1. The standard InChI is InChI=1S/C37H39N11O5/c49-29-19-40-37(53)48(29)28-16-27(31(50)32(28)51)47-21-41-30-33(39-18-26(22-8-3-1-4-9-22)23-10-5-2-6-11-23)44-35(45-34(30)47)46-15-13-25(20-46)43-36(52)42-24-12-7-14-38-17-24/h1-12,14,17,19,21,25-28,31-32,49-51H,13,15-16,18,20H2,(H,40,53)(H,39,44,45)(H2,42,43,52)/t25-,27-,28+,31+,32-/m1/s1. The second-order valence-corrected chi connectivity index (χ2v) is 13.4. The van der Waals surface area contributed by atoms with E-state index in [1.54, 1.807) is 35.4 Å². The van der Waals surface area contributed by atoms with Crippen molar-refractivity contribution < 1.29 is 20.1 Å². The number of anilines is 3. The Kier molecular flexibility index (Phi) is 9.20. The predicted octanol–water partition coefficient (Wildman–Crippen LogP) is 2.97. The van der Waals surface area contributed by atoms with E-state index in [2.05, 4.69) is 50.2 Å². The molecule has 1 aliphatic heterocycles. The van der Waals surface area contributed by atoms with Gasteiger partial charge in [-0.1, -0.05) is 60.7 Å². The van der Waals surface area contributed by atoms with E-state index in [9.17, 15) is 24.9 Å². The van der Waals surface area contributed by atoms with Crippen molar-refractivity contribution in [3.8, 4) is 5.88 Å². The summed E-state index contributed by atoms with van der Waals surface area (Å²) in [5.41, 5.74) is 3.12. The van der Waals surface area contributed by atoms with Crippen molar-refractivity contribution in [3.05, 3.63) is 119 Å². The number of amides is 2. The Hall–Kier alpha value is -6.26. The first-order valence-corrected chi connectivity index (χ1v) is 17.5. The lowest BCUT2D eigenvalue weighted by Gasteiger charge is -2.22. The molecule has 16 heteroatoms. The van der Waals surface area contributed by atoms with Crippen LogP contribution in [0.1, 0.15) is 42.0 Å². The molecule has 4 aromatic heterocycles. The molecule has 5 heterocycles. The molecule has 1 saturated carbocycles. The Morgan fingerprint density at radius 1 is 0.962 bits per heavy atom. The van der Waals surface area contributed by atoms with Crippen LogP contribution in [0.15, 0.2) is 103 Å². The van der Waals surface area contributed by atoms with Crippen molar-refractivity contribution in [2.75, 3.05) is 35.2 Å². The summed E-state index contributed by atoms with van der Waals surface area (Å²) in [6.45, 7) is 1.49. The molecule has 1 aliphatic carbocycles. The third-order valence-corrected chi connectivity index (χ3v) is 10.1. The zero-order chi connectivity index (χ0) is 36.5. The van der Waals surface area contributed by atoms with Crippen LogP contribution in [-0.2, 0) is 0 Å². The molecule has 2 aromatic carbocycles. The van der Waals surface area contributed by atoms with Gasteiger partial charge in [0.2, 0.25) is 11.8 Å². The molecule has 7 N–H and O–H groups in total. The molecular weight excluding hydrogens is 678 g/mol. The van der Waals surface area contributed by atoms with E-state index in [1.807, 2.05) is 41.3 Å². The molecule has 6 aromatic rings. The topological polar surface area (TPSA) is 211 Å². The highest BCUT2D eigenvalue weighted by Gasteiger charge is 2.45. The Labute approximate surface area is 303 Å². The van der Waals surface area contributed by atoms with Crippen LogP contribution in [0.25, 0.3) is 11.2 Å². The molecule has 2 fully saturated rings. The van der Waals surface area contributed by atoms with Crippen LogP contribution in [0.5, 0.6) is 5.88 Å². The minimum atomic E-state index is -1.35. The van der Waals surface area contributed by atoms with Crippen LogP contribution in [0.2, 0.25) is 0 Å². The monoisotopic (exact) mass is 717 g/mol. The highest BCUT2D eigenvalue weighted by Crippen LogP contribution is 2.41. The average molecular weight is 718 g/mol. The number of aromatic nitrogens is 7. The minimum Gasteiger partial charge on any atom is -0.493 e. The van der Waals surface area contributed by atoms with Gasteiger partial charge in [-0.05, 0) is 36.1 Å². The first-order valence-electron chi connectivity index (χ1n) is 17.5. The van der Waals surface area contributed by atoms with Gasteiger partial charge >= 0.3 is 11.7 Å². The van der Waals surface area contributed by atoms with Gasteiger partial charge in [-0.2, -0.15) is 9.97 Å². The molecule has 53 heavy (non-hydrogen) atoms. The quantitative estimate of drug-likeness (QED) is 0.110. The number of fused-ring (bicyclic) bond motifs is 1. The van der Waals surface area contributed by atoms with Crippen molar-refractivity contribution in [2.45, 2.75) is 49.1 Å². The number of aliphatic hydroxyl groups excluding tert-OH is 2. The van der Waals surface area contributed by atoms with E-state index >= 15 is 0 Å². The zero-order valence-corrected chi connectivity index (χ0v) is 28.5. The number of benzene rings is 2. The predicted molar refractivity (Wildman–Crippen MR) is 197 cm³/mol. The molecular formula is C37H39N11O5. The van der Waals surface area contributed by atoms with Gasteiger partial charge in [0.05, 0.1) is 36.5 Å². The number of aromatic amines is 1. The van der Waals surface area contributed by atoms with Crippen LogP contribution in [0.3, 0.4) is 0 Å². The number of rotatable bonds is 10. The van der Waals surface area contributed by atoms with E-state index in [4.69, 9.17) is 15.0 Å². The second kappa shape index (κ2) is 14.4. The third kappa shape index (κ3) is 6.76. The molecule has 0 radical (unpaired) electrons. The number of carbonyl (C=O) groups is 1. The first-order chi connectivity index (χ1) is 25.8. The fourth-order valence-corrected chi connectivity index (χ4v) is 7.47. The molecule has 272 valence electrons. The maximum atomic E-state index is 12.8. The van der Waals surface area contributed by atoms with E-state index in [0.29, 0.717) is 54.7 Å². The lowest BCUT2D eigenvalue weighted by Crippen LogP contribution is -2.40. The largest absolute Gasteiger partial charge is 0.493 e. The zero-order valence-electron chi connectivity index (χ0n) is 28.5. The Balaban J connectivity index is 1.11. The van der Waals surface area contributed by atoms with Crippen molar-refractivity contribution in [2.24, 2.45) is 0 Å². The van der Waals surface area contributed by atoms with E-state index in [1.165, 1.54) is 0 Å². The van der Waals surface area contributed by atoms with Crippen molar-refractivity contribution >= 4 is 34.6 Å². The number of nitrogens with zero attached hydrogens (tertiary/aromatic N) is 7. The van der Waals surface area contributed by atoms with Crippen molar-refractivity contribution in [1.82, 2.24) is 39.4 Å². The lowest BCUT2D eigenvalue weighted by atomic mass is 9.91. The summed E-state index contributed by atoms with van der Waals surface area (Å²) in [7, 11) is 0. The molecule has 0 unspecified atom stereocenters. The highest BCUT2D eigenvalue weighted by atomic mass is 16.3. The molecule has 8 rings (SSSR count). The van der Waals surface area contributed by atoms with E-state index < -0.39 is 30.0 Å². The Morgan fingerprint density at radius 2 is 1.70 bits per heavy atom. The summed E-state index contributed by atoms with van der Waals surface area (Å²) < 4.78 is 2.75.